The third-order valence-electron chi connectivity index (χ3n) is 4.32. The van der Waals surface area contributed by atoms with Gasteiger partial charge in [-0.25, -0.2) is 4.39 Å². The number of rotatable bonds is 5. The Bertz CT molecular complexity index is 651. The maximum Gasteiger partial charge on any atom is 0.227 e. The zero-order chi connectivity index (χ0) is 16.2. The Morgan fingerprint density at radius 2 is 2.13 bits per heavy atom. The summed E-state index contributed by atoms with van der Waals surface area (Å²) in [5.41, 5.74) is 1.23. The summed E-state index contributed by atoms with van der Waals surface area (Å²) in [7, 11) is 0. The zero-order valence-electron chi connectivity index (χ0n) is 13.3. The number of aliphatic hydroxyl groups is 1. The molecule has 1 aromatic heterocycles. The van der Waals surface area contributed by atoms with Crippen LogP contribution in [-0.2, 0) is 6.42 Å². The van der Waals surface area contributed by atoms with E-state index in [4.69, 9.17) is 4.52 Å². The van der Waals surface area contributed by atoms with Crippen LogP contribution in [0.15, 0.2) is 22.7 Å². The van der Waals surface area contributed by atoms with Crippen LogP contribution in [0.5, 0.6) is 0 Å². The smallest absolute Gasteiger partial charge is 0.227 e. The molecule has 0 radical (unpaired) electrons. The van der Waals surface area contributed by atoms with Gasteiger partial charge in [0, 0.05) is 25.1 Å². The second kappa shape index (κ2) is 7.19. The van der Waals surface area contributed by atoms with Crippen molar-refractivity contribution in [2.24, 2.45) is 0 Å². The predicted octanol–water partition coefficient (Wildman–Crippen LogP) is 2.57. The molecule has 2 heterocycles. The molecule has 124 valence electrons. The molecule has 1 aliphatic rings. The molecule has 3 rings (SSSR count). The molecular weight excluding hydrogens is 297 g/mol. The highest BCUT2D eigenvalue weighted by Crippen LogP contribution is 2.19. The van der Waals surface area contributed by atoms with Crippen LogP contribution in [0.2, 0.25) is 0 Å². The lowest BCUT2D eigenvalue weighted by Crippen LogP contribution is -2.36. The van der Waals surface area contributed by atoms with Gasteiger partial charge in [-0.2, -0.15) is 4.98 Å². The summed E-state index contributed by atoms with van der Waals surface area (Å²) in [4.78, 5) is 6.69. The van der Waals surface area contributed by atoms with Crippen molar-refractivity contribution < 1.29 is 14.0 Å². The van der Waals surface area contributed by atoms with Gasteiger partial charge in [0.05, 0.1) is 6.10 Å². The average Bonchev–Trinajstić information content (AvgIpc) is 3.01. The van der Waals surface area contributed by atoms with E-state index in [9.17, 15) is 9.50 Å². The standard InChI is InChI=1S/C17H22FN3O2/c1-12-4-5-13(11-15(12)18)17-19-16(23-20-17)3-2-8-21-9-6-14(22)7-10-21/h4-5,11,14,22H,2-3,6-10H2,1H3. The molecule has 0 atom stereocenters. The van der Waals surface area contributed by atoms with Crippen molar-refractivity contribution in [1.82, 2.24) is 15.0 Å². The fourth-order valence-corrected chi connectivity index (χ4v) is 2.80. The van der Waals surface area contributed by atoms with Gasteiger partial charge in [0.1, 0.15) is 5.82 Å². The molecule has 1 fully saturated rings. The van der Waals surface area contributed by atoms with Crippen LogP contribution in [0.3, 0.4) is 0 Å². The number of aryl methyl sites for hydroxylation is 2. The number of nitrogens with zero attached hydrogens (tertiary/aromatic N) is 3. The van der Waals surface area contributed by atoms with Gasteiger partial charge in [-0.3, -0.25) is 0 Å². The lowest BCUT2D eigenvalue weighted by Gasteiger charge is -2.29. The number of piperidine rings is 1. The van der Waals surface area contributed by atoms with E-state index in [0.29, 0.717) is 29.3 Å². The zero-order valence-corrected chi connectivity index (χ0v) is 13.3. The molecule has 6 heteroatoms. The number of likely N-dealkylation sites (tertiary alicyclic amines) is 1. The van der Waals surface area contributed by atoms with Crippen LogP contribution in [0.4, 0.5) is 4.39 Å². The molecule has 5 nitrogen and oxygen atoms in total. The lowest BCUT2D eigenvalue weighted by atomic mass is 10.1. The van der Waals surface area contributed by atoms with Crippen molar-refractivity contribution >= 4 is 0 Å². The van der Waals surface area contributed by atoms with Crippen molar-refractivity contribution in [3.63, 3.8) is 0 Å². The molecule has 0 bridgehead atoms. The largest absolute Gasteiger partial charge is 0.393 e. The molecule has 1 saturated heterocycles. The minimum Gasteiger partial charge on any atom is -0.393 e. The van der Waals surface area contributed by atoms with E-state index in [1.54, 1.807) is 19.1 Å². The third-order valence-corrected chi connectivity index (χ3v) is 4.32. The van der Waals surface area contributed by atoms with E-state index in [1.807, 2.05) is 0 Å². The highest BCUT2D eigenvalue weighted by molar-refractivity contribution is 5.54. The number of hydrogen-bond donors (Lipinski definition) is 1. The Morgan fingerprint density at radius 3 is 2.87 bits per heavy atom. The Morgan fingerprint density at radius 1 is 1.35 bits per heavy atom. The summed E-state index contributed by atoms with van der Waals surface area (Å²) in [6, 6.07) is 4.95. The second-order valence-corrected chi connectivity index (χ2v) is 6.15. The molecule has 0 spiro atoms. The number of halogens is 1. The fourth-order valence-electron chi connectivity index (χ4n) is 2.80. The minimum absolute atomic E-state index is 0.139. The Labute approximate surface area is 135 Å². The van der Waals surface area contributed by atoms with E-state index >= 15 is 0 Å². The van der Waals surface area contributed by atoms with Gasteiger partial charge in [0.25, 0.3) is 0 Å². The Balaban J connectivity index is 1.52. The first kappa shape index (κ1) is 16.1. The summed E-state index contributed by atoms with van der Waals surface area (Å²) >= 11 is 0. The monoisotopic (exact) mass is 319 g/mol. The first-order chi connectivity index (χ1) is 11.1. The van der Waals surface area contributed by atoms with Crippen molar-refractivity contribution in [2.75, 3.05) is 19.6 Å². The fraction of sp³-hybridized carbons (Fsp3) is 0.529. The van der Waals surface area contributed by atoms with Crippen molar-refractivity contribution in [3.05, 3.63) is 35.5 Å². The van der Waals surface area contributed by atoms with E-state index in [1.165, 1.54) is 6.07 Å². The van der Waals surface area contributed by atoms with E-state index in [-0.39, 0.29) is 11.9 Å². The molecule has 2 aromatic rings. The number of benzene rings is 1. The van der Waals surface area contributed by atoms with Gasteiger partial charge in [0.2, 0.25) is 11.7 Å². The van der Waals surface area contributed by atoms with Crippen LogP contribution in [0, 0.1) is 12.7 Å². The first-order valence-corrected chi connectivity index (χ1v) is 8.11. The van der Waals surface area contributed by atoms with E-state index in [2.05, 4.69) is 15.0 Å². The predicted molar refractivity (Wildman–Crippen MR) is 84.4 cm³/mol. The summed E-state index contributed by atoms with van der Waals surface area (Å²) in [5.74, 6) is 0.749. The highest BCUT2D eigenvalue weighted by atomic mass is 19.1. The maximum atomic E-state index is 13.6. The number of aromatic nitrogens is 2. The normalized spacial score (nSPS) is 16.8. The van der Waals surface area contributed by atoms with Gasteiger partial charge in [0.15, 0.2) is 0 Å². The highest BCUT2D eigenvalue weighted by Gasteiger charge is 2.17. The second-order valence-electron chi connectivity index (χ2n) is 6.15. The maximum absolute atomic E-state index is 13.6. The van der Waals surface area contributed by atoms with E-state index < -0.39 is 0 Å². The Hall–Kier alpha value is -1.79. The summed E-state index contributed by atoms with van der Waals surface area (Å²) < 4.78 is 18.9. The van der Waals surface area contributed by atoms with Gasteiger partial charge in [-0.05, 0) is 44.4 Å². The molecule has 0 saturated carbocycles. The SMILES string of the molecule is Cc1ccc(-c2noc(CCCN3CCC(O)CC3)n2)cc1F. The molecule has 1 N–H and O–H groups in total. The van der Waals surface area contributed by atoms with Crippen LogP contribution < -0.4 is 0 Å². The summed E-state index contributed by atoms with van der Waals surface area (Å²) in [6.07, 6.45) is 3.20. The molecule has 0 aliphatic carbocycles. The van der Waals surface area contributed by atoms with Gasteiger partial charge in [-0.15, -0.1) is 0 Å². The summed E-state index contributed by atoms with van der Waals surface area (Å²) in [6.45, 7) is 4.57. The third kappa shape index (κ3) is 4.14. The number of hydrogen-bond acceptors (Lipinski definition) is 5. The van der Waals surface area contributed by atoms with Crippen molar-refractivity contribution in [2.45, 2.75) is 38.7 Å². The van der Waals surface area contributed by atoms with E-state index in [0.717, 1.165) is 38.9 Å². The van der Waals surface area contributed by atoms with Gasteiger partial charge >= 0.3 is 0 Å². The van der Waals surface area contributed by atoms with Gasteiger partial charge in [-0.1, -0.05) is 17.3 Å². The minimum atomic E-state index is -0.263. The topological polar surface area (TPSA) is 62.4 Å². The molecule has 1 aromatic carbocycles. The molecule has 23 heavy (non-hydrogen) atoms. The quantitative estimate of drug-likeness (QED) is 0.918. The van der Waals surface area contributed by atoms with Crippen LogP contribution in [-0.4, -0.2) is 45.9 Å². The van der Waals surface area contributed by atoms with Crippen molar-refractivity contribution in [3.8, 4) is 11.4 Å². The molecule has 0 amide bonds. The van der Waals surface area contributed by atoms with Gasteiger partial charge < -0.3 is 14.5 Å². The Kier molecular flexibility index (Phi) is 5.03. The van der Waals surface area contributed by atoms with Crippen molar-refractivity contribution in [1.29, 1.82) is 0 Å². The average molecular weight is 319 g/mol. The summed E-state index contributed by atoms with van der Waals surface area (Å²) in [5, 5.41) is 13.4. The van der Waals surface area contributed by atoms with Crippen LogP contribution in [0.1, 0.15) is 30.7 Å². The van der Waals surface area contributed by atoms with Crippen LogP contribution >= 0.6 is 0 Å². The first-order valence-electron chi connectivity index (χ1n) is 8.11. The lowest BCUT2D eigenvalue weighted by molar-refractivity contribution is 0.0818. The molecule has 1 aliphatic heterocycles. The molecule has 0 unspecified atom stereocenters. The van der Waals surface area contributed by atoms with Crippen LogP contribution in [0.25, 0.3) is 11.4 Å². The molecular formula is C17H22FN3O2. The number of aliphatic hydroxyl groups excluding tert-OH is 1.